The van der Waals surface area contributed by atoms with Gasteiger partial charge in [0.2, 0.25) is 5.91 Å². The standard InChI is InChI=1S/C24H34N4O3/c1-18-8-4-5-9-19(18)16-27-14-10-20(11-15-27)25-21(29)17-28-22(30)24(26(2)23(28)31)12-6-3-7-13-24/h4-5,8-9,20H,3,6-7,10-17H2,1-2H3,(H,25,29). The van der Waals surface area contributed by atoms with E-state index >= 15 is 0 Å². The van der Waals surface area contributed by atoms with Gasteiger partial charge in [-0.2, -0.15) is 0 Å². The summed E-state index contributed by atoms with van der Waals surface area (Å²) in [4.78, 5) is 43.6. The van der Waals surface area contributed by atoms with E-state index in [2.05, 4.69) is 41.4 Å². The monoisotopic (exact) mass is 426 g/mol. The Bertz CT molecular complexity index is 841. The number of hydrogen-bond acceptors (Lipinski definition) is 4. The Morgan fingerprint density at radius 3 is 2.45 bits per heavy atom. The topological polar surface area (TPSA) is 73.0 Å². The lowest BCUT2D eigenvalue weighted by molar-refractivity contribution is -0.137. The fourth-order valence-corrected chi connectivity index (χ4v) is 5.35. The first-order valence-corrected chi connectivity index (χ1v) is 11.6. The zero-order valence-corrected chi connectivity index (χ0v) is 18.7. The third-order valence-corrected chi connectivity index (χ3v) is 7.39. The zero-order chi connectivity index (χ0) is 22.0. The molecule has 3 fully saturated rings. The molecule has 1 aromatic carbocycles. The van der Waals surface area contributed by atoms with E-state index in [-0.39, 0.29) is 30.4 Å². The van der Waals surface area contributed by atoms with Gasteiger partial charge in [0.25, 0.3) is 5.91 Å². The molecule has 7 heteroatoms. The molecule has 2 aliphatic heterocycles. The fraction of sp³-hybridized carbons (Fsp3) is 0.625. The molecule has 7 nitrogen and oxygen atoms in total. The quantitative estimate of drug-likeness (QED) is 0.735. The number of urea groups is 1. The van der Waals surface area contributed by atoms with Crippen molar-refractivity contribution in [1.29, 1.82) is 0 Å². The first-order valence-electron chi connectivity index (χ1n) is 11.6. The Morgan fingerprint density at radius 1 is 1.10 bits per heavy atom. The maximum Gasteiger partial charge on any atom is 0.327 e. The van der Waals surface area contributed by atoms with Gasteiger partial charge in [-0.25, -0.2) is 4.79 Å². The molecule has 1 aliphatic carbocycles. The summed E-state index contributed by atoms with van der Waals surface area (Å²) in [5.74, 6) is -0.428. The van der Waals surface area contributed by atoms with Crippen LogP contribution < -0.4 is 5.32 Å². The minimum Gasteiger partial charge on any atom is -0.352 e. The SMILES string of the molecule is Cc1ccccc1CN1CCC(NC(=O)CN2C(=O)N(C)C3(CCCCC3)C2=O)CC1. The highest BCUT2D eigenvalue weighted by molar-refractivity contribution is 6.08. The number of likely N-dealkylation sites (N-methyl/N-ethyl adjacent to an activating group) is 1. The van der Waals surface area contributed by atoms with Crippen LogP contribution >= 0.6 is 0 Å². The van der Waals surface area contributed by atoms with Gasteiger partial charge in [-0.3, -0.25) is 19.4 Å². The first-order chi connectivity index (χ1) is 14.9. The molecule has 0 unspecified atom stereocenters. The Balaban J connectivity index is 1.27. The van der Waals surface area contributed by atoms with Crippen molar-refractivity contribution in [3.63, 3.8) is 0 Å². The van der Waals surface area contributed by atoms with Gasteiger partial charge < -0.3 is 10.2 Å². The smallest absolute Gasteiger partial charge is 0.327 e. The van der Waals surface area contributed by atoms with Gasteiger partial charge in [0.05, 0.1) is 0 Å². The molecule has 4 amide bonds. The van der Waals surface area contributed by atoms with Gasteiger partial charge in [-0.1, -0.05) is 43.5 Å². The summed E-state index contributed by atoms with van der Waals surface area (Å²) in [7, 11) is 1.70. The van der Waals surface area contributed by atoms with Crippen LogP contribution in [0.25, 0.3) is 0 Å². The predicted molar refractivity (Wildman–Crippen MR) is 118 cm³/mol. The molecule has 1 saturated carbocycles. The van der Waals surface area contributed by atoms with Crippen molar-refractivity contribution >= 4 is 17.8 Å². The number of nitrogens with zero attached hydrogens (tertiary/aromatic N) is 3. The van der Waals surface area contributed by atoms with E-state index in [1.165, 1.54) is 11.1 Å². The summed E-state index contributed by atoms with van der Waals surface area (Å²) in [5, 5.41) is 3.06. The van der Waals surface area contributed by atoms with Crippen molar-refractivity contribution in [2.75, 3.05) is 26.7 Å². The lowest BCUT2D eigenvalue weighted by Crippen LogP contribution is -2.50. The van der Waals surface area contributed by atoms with E-state index in [0.29, 0.717) is 12.8 Å². The van der Waals surface area contributed by atoms with Gasteiger partial charge in [-0.05, 0) is 43.7 Å². The largest absolute Gasteiger partial charge is 0.352 e. The Kier molecular flexibility index (Phi) is 6.32. The molecule has 0 aromatic heterocycles. The predicted octanol–water partition coefficient (Wildman–Crippen LogP) is 2.67. The van der Waals surface area contributed by atoms with Crippen molar-refractivity contribution in [3.05, 3.63) is 35.4 Å². The zero-order valence-electron chi connectivity index (χ0n) is 18.7. The van der Waals surface area contributed by atoms with Crippen LogP contribution in [0.5, 0.6) is 0 Å². The van der Waals surface area contributed by atoms with Crippen LogP contribution in [0, 0.1) is 6.92 Å². The van der Waals surface area contributed by atoms with E-state index in [0.717, 1.165) is 56.6 Å². The van der Waals surface area contributed by atoms with Crippen LogP contribution in [0.3, 0.4) is 0 Å². The Hall–Kier alpha value is -2.41. The number of likely N-dealkylation sites (tertiary alicyclic amines) is 1. The average molecular weight is 427 g/mol. The highest BCUT2D eigenvalue weighted by atomic mass is 16.2. The molecular weight excluding hydrogens is 392 g/mol. The van der Waals surface area contributed by atoms with Gasteiger partial charge in [0.1, 0.15) is 12.1 Å². The third-order valence-electron chi connectivity index (χ3n) is 7.39. The number of benzene rings is 1. The second kappa shape index (κ2) is 8.99. The van der Waals surface area contributed by atoms with Crippen molar-refractivity contribution in [2.45, 2.75) is 70.0 Å². The van der Waals surface area contributed by atoms with Gasteiger partial charge in [0, 0.05) is 32.7 Å². The van der Waals surface area contributed by atoms with E-state index in [1.807, 2.05) is 0 Å². The van der Waals surface area contributed by atoms with Crippen LogP contribution in [0.4, 0.5) is 4.79 Å². The summed E-state index contributed by atoms with van der Waals surface area (Å²) < 4.78 is 0. The molecule has 0 radical (unpaired) electrons. The number of hydrogen-bond donors (Lipinski definition) is 1. The number of carbonyl (C=O) groups excluding carboxylic acids is 3. The highest BCUT2D eigenvalue weighted by Crippen LogP contribution is 2.39. The minimum atomic E-state index is -0.726. The van der Waals surface area contributed by atoms with E-state index in [1.54, 1.807) is 11.9 Å². The lowest BCUT2D eigenvalue weighted by Gasteiger charge is -2.35. The van der Waals surface area contributed by atoms with Gasteiger partial charge >= 0.3 is 6.03 Å². The number of piperidine rings is 1. The molecule has 168 valence electrons. The van der Waals surface area contributed by atoms with Crippen molar-refractivity contribution in [2.24, 2.45) is 0 Å². The summed E-state index contributed by atoms with van der Waals surface area (Å²) in [6.45, 7) is 4.74. The number of rotatable bonds is 5. The normalized spacial score (nSPS) is 22.4. The third kappa shape index (κ3) is 4.33. The number of carbonyl (C=O) groups is 3. The Labute approximate surface area is 184 Å². The van der Waals surface area contributed by atoms with Crippen LogP contribution in [0.2, 0.25) is 0 Å². The second-order valence-corrected chi connectivity index (χ2v) is 9.37. The lowest BCUT2D eigenvalue weighted by atomic mass is 9.81. The summed E-state index contributed by atoms with van der Waals surface area (Å²) >= 11 is 0. The van der Waals surface area contributed by atoms with Gasteiger partial charge in [0.15, 0.2) is 0 Å². The molecule has 1 aromatic rings. The highest BCUT2D eigenvalue weighted by Gasteiger charge is 2.55. The second-order valence-electron chi connectivity index (χ2n) is 9.37. The van der Waals surface area contributed by atoms with E-state index < -0.39 is 5.54 Å². The molecule has 0 atom stereocenters. The van der Waals surface area contributed by atoms with Gasteiger partial charge in [-0.15, -0.1) is 0 Å². The van der Waals surface area contributed by atoms with Crippen LogP contribution in [0.1, 0.15) is 56.1 Å². The maximum absolute atomic E-state index is 13.1. The Morgan fingerprint density at radius 2 is 1.77 bits per heavy atom. The summed E-state index contributed by atoms with van der Waals surface area (Å²) in [6, 6.07) is 8.20. The fourth-order valence-electron chi connectivity index (χ4n) is 5.35. The van der Waals surface area contributed by atoms with Crippen molar-refractivity contribution in [3.8, 4) is 0 Å². The molecule has 2 saturated heterocycles. The molecular formula is C24H34N4O3. The molecule has 3 aliphatic rings. The van der Waals surface area contributed by atoms with Crippen LogP contribution in [0.15, 0.2) is 24.3 Å². The van der Waals surface area contributed by atoms with Crippen LogP contribution in [-0.4, -0.2) is 70.8 Å². The van der Waals surface area contributed by atoms with Crippen LogP contribution in [-0.2, 0) is 16.1 Å². The summed E-state index contributed by atoms with van der Waals surface area (Å²) in [6.07, 6.45) is 6.15. The van der Waals surface area contributed by atoms with Crippen molar-refractivity contribution < 1.29 is 14.4 Å². The molecule has 1 spiro atoms. The number of imide groups is 1. The molecule has 4 rings (SSSR count). The first kappa shape index (κ1) is 21.8. The number of aryl methyl sites for hydroxylation is 1. The minimum absolute atomic E-state index is 0.0924. The van der Waals surface area contributed by atoms with E-state index in [9.17, 15) is 14.4 Å². The summed E-state index contributed by atoms with van der Waals surface area (Å²) in [5.41, 5.74) is 1.92. The number of nitrogens with one attached hydrogen (secondary N) is 1. The number of amides is 4. The van der Waals surface area contributed by atoms with Crippen molar-refractivity contribution in [1.82, 2.24) is 20.0 Å². The molecule has 2 heterocycles. The molecule has 31 heavy (non-hydrogen) atoms. The average Bonchev–Trinajstić information content (AvgIpc) is 2.93. The van der Waals surface area contributed by atoms with E-state index in [4.69, 9.17) is 0 Å². The molecule has 0 bridgehead atoms. The molecule has 1 N–H and O–H groups in total. The maximum atomic E-state index is 13.1.